The van der Waals surface area contributed by atoms with E-state index in [0.29, 0.717) is 17.8 Å². The second-order valence-electron chi connectivity index (χ2n) is 7.47. The monoisotopic (exact) mass is 385 g/mol. The smallest absolute Gasteiger partial charge is 0.310 e. The van der Waals surface area contributed by atoms with Gasteiger partial charge >= 0.3 is 5.69 Å². The van der Waals surface area contributed by atoms with Crippen molar-refractivity contribution in [3.63, 3.8) is 0 Å². The maximum Gasteiger partial charge on any atom is 0.310 e. The molecule has 2 aromatic rings. The Hall–Kier alpha value is -2.87. The number of benzene rings is 1. The highest BCUT2D eigenvalue weighted by molar-refractivity contribution is 5.91. The molecule has 2 unspecified atom stereocenters. The van der Waals surface area contributed by atoms with E-state index in [2.05, 4.69) is 17.3 Å². The molecule has 1 aromatic heterocycles. The third-order valence-corrected chi connectivity index (χ3v) is 5.75. The highest BCUT2D eigenvalue weighted by Crippen LogP contribution is 2.34. The van der Waals surface area contributed by atoms with Gasteiger partial charge in [-0.1, -0.05) is 12.1 Å². The highest BCUT2D eigenvalue weighted by Gasteiger charge is 2.39. The molecule has 8 nitrogen and oxygen atoms in total. The summed E-state index contributed by atoms with van der Waals surface area (Å²) in [5.41, 5.74) is -0.107. The molecule has 0 spiro atoms. The van der Waals surface area contributed by atoms with E-state index in [0.717, 1.165) is 12.8 Å². The summed E-state index contributed by atoms with van der Waals surface area (Å²) in [7, 11) is 2.16. The van der Waals surface area contributed by atoms with Crippen LogP contribution in [0.2, 0.25) is 0 Å². The lowest BCUT2D eigenvalue weighted by atomic mass is 9.98. The molecule has 2 fully saturated rings. The summed E-state index contributed by atoms with van der Waals surface area (Å²) in [5, 5.41) is 14.1. The molecule has 0 aliphatic carbocycles. The van der Waals surface area contributed by atoms with Gasteiger partial charge in [-0.05, 0) is 50.9 Å². The van der Waals surface area contributed by atoms with Crippen LogP contribution in [0.1, 0.15) is 42.0 Å². The van der Waals surface area contributed by atoms with E-state index in [1.807, 2.05) is 0 Å². The third kappa shape index (κ3) is 3.73. The van der Waals surface area contributed by atoms with Gasteiger partial charge in [-0.25, -0.2) is 0 Å². The fraction of sp³-hybridized carbons (Fsp3) is 0.450. The number of carbonyl (C=O) groups excluding carboxylic acids is 1. The quantitative estimate of drug-likeness (QED) is 0.606. The molecular weight excluding hydrogens is 362 g/mol. The minimum atomic E-state index is -0.495. The molecular formula is C20H23N3O5. The molecule has 8 heteroatoms. The third-order valence-electron chi connectivity index (χ3n) is 5.75. The molecule has 148 valence electrons. The lowest BCUT2D eigenvalue weighted by Crippen LogP contribution is -2.48. The molecule has 2 atom stereocenters. The minimum Gasteiger partial charge on any atom is -0.479 e. The van der Waals surface area contributed by atoms with Crippen molar-refractivity contribution < 1.29 is 18.9 Å². The fourth-order valence-electron chi connectivity index (χ4n) is 4.24. The molecule has 1 aromatic carbocycles. The first-order valence-corrected chi connectivity index (χ1v) is 9.49. The van der Waals surface area contributed by atoms with E-state index < -0.39 is 4.92 Å². The first-order chi connectivity index (χ1) is 13.5. The molecule has 3 heterocycles. The van der Waals surface area contributed by atoms with Crippen LogP contribution in [0.4, 0.5) is 5.69 Å². The van der Waals surface area contributed by atoms with E-state index in [1.165, 1.54) is 25.0 Å². The summed E-state index contributed by atoms with van der Waals surface area (Å²) in [4.78, 5) is 25.5. The van der Waals surface area contributed by atoms with Crippen LogP contribution < -0.4 is 10.1 Å². The normalized spacial score (nSPS) is 24.1. The predicted octanol–water partition coefficient (Wildman–Crippen LogP) is 3.12. The van der Waals surface area contributed by atoms with Gasteiger partial charge in [-0.15, -0.1) is 0 Å². The molecule has 2 aliphatic heterocycles. The van der Waals surface area contributed by atoms with E-state index >= 15 is 0 Å². The number of piperidine rings is 1. The topological polar surface area (TPSA) is 97.9 Å². The van der Waals surface area contributed by atoms with Gasteiger partial charge in [0.15, 0.2) is 11.5 Å². The van der Waals surface area contributed by atoms with Crippen LogP contribution in [0.3, 0.4) is 0 Å². The fourth-order valence-corrected chi connectivity index (χ4v) is 4.24. The lowest BCUT2D eigenvalue weighted by molar-refractivity contribution is -0.386. The Labute approximate surface area is 162 Å². The Morgan fingerprint density at radius 3 is 2.68 bits per heavy atom. The van der Waals surface area contributed by atoms with E-state index in [1.54, 1.807) is 24.3 Å². The molecule has 0 saturated carbocycles. The van der Waals surface area contributed by atoms with Crippen molar-refractivity contribution in [2.24, 2.45) is 0 Å². The van der Waals surface area contributed by atoms with Crippen LogP contribution in [0.25, 0.3) is 0 Å². The van der Waals surface area contributed by atoms with Gasteiger partial charge in [0, 0.05) is 24.2 Å². The van der Waals surface area contributed by atoms with E-state index in [9.17, 15) is 14.9 Å². The van der Waals surface area contributed by atoms with Gasteiger partial charge < -0.3 is 19.4 Å². The number of para-hydroxylation sites is 2. The zero-order chi connectivity index (χ0) is 19.7. The van der Waals surface area contributed by atoms with Gasteiger partial charge in [0.25, 0.3) is 5.91 Å². The summed E-state index contributed by atoms with van der Waals surface area (Å²) >= 11 is 0. The number of amides is 1. The van der Waals surface area contributed by atoms with Crippen molar-refractivity contribution in [3.05, 3.63) is 58.0 Å². The van der Waals surface area contributed by atoms with Gasteiger partial charge in [0.1, 0.15) is 12.4 Å². The van der Waals surface area contributed by atoms with Gasteiger partial charge in [-0.2, -0.15) is 0 Å². The second kappa shape index (κ2) is 7.63. The maximum absolute atomic E-state index is 12.5. The van der Waals surface area contributed by atoms with Gasteiger partial charge in [0.05, 0.1) is 4.92 Å². The van der Waals surface area contributed by atoms with Gasteiger partial charge in [0.2, 0.25) is 0 Å². The summed E-state index contributed by atoms with van der Waals surface area (Å²) in [5.74, 6) is 0.599. The van der Waals surface area contributed by atoms with Crippen molar-refractivity contribution in [1.29, 1.82) is 0 Å². The summed E-state index contributed by atoms with van der Waals surface area (Å²) in [6, 6.07) is 10.7. The standard InChI is InChI=1S/C20H23N3O5/c1-22-14-6-7-15(22)11-13(10-14)21-20(24)19-9-8-16(28-19)12-27-18-5-3-2-4-17(18)23(25)26/h2-5,8-9,13-15H,6-7,10-12H2,1H3,(H,21,24). The highest BCUT2D eigenvalue weighted by atomic mass is 16.6. The van der Waals surface area contributed by atoms with Crippen LogP contribution in [0.15, 0.2) is 40.8 Å². The van der Waals surface area contributed by atoms with Gasteiger partial charge in [-0.3, -0.25) is 14.9 Å². The molecule has 0 radical (unpaired) electrons. The van der Waals surface area contributed by atoms with Crippen molar-refractivity contribution in [2.45, 2.75) is 50.4 Å². The number of nitro benzene ring substituents is 1. The maximum atomic E-state index is 12.5. The Bertz CT molecular complexity index is 866. The first kappa shape index (κ1) is 18.5. The molecule has 1 amide bonds. The van der Waals surface area contributed by atoms with Crippen molar-refractivity contribution >= 4 is 11.6 Å². The van der Waals surface area contributed by atoms with Crippen LogP contribution in [0.5, 0.6) is 5.75 Å². The molecule has 4 rings (SSSR count). The Morgan fingerprint density at radius 1 is 1.25 bits per heavy atom. The van der Waals surface area contributed by atoms with Crippen LogP contribution in [-0.2, 0) is 6.61 Å². The number of hydrogen-bond donors (Lipinski definition) is 1. The molecule has 2 bridgehead atoms. The number of furan rings is 1. The summed E-state index contributed by atoms with van der Waals surface area (Å²) in [6.45, 7) is 0.0104. The van der Waals surface area contributed by atoms with Crippen molar-refractivity contribution in [1.82, 2.24) is 10.2 Å². The van der Waals surface area contributed by atoms with E-state index in [-0.39, 0.29) is 35.8 Å². The predicted molar refractivity (Wildman–Crippen MR) is 101 cm³/mol. The number of nitrogens with one attached hydrogen (secondary N) is 1. The molecule has 28 heavy (non-hydrogen) atoms. The number of fused-ring (bicyclic) bond motifs is 2. The molecule has 1 N–H and O–H groups in total. The number of rotatable bonds is 6. The number of carbonyl (C=O) groups is 1. The number of nitrogens with zero attached hydrogens (tertiary/aromatic N) is 2. The average molecular weight is 385 g/mol. The summed E-state index contributed by atoms with van der Waals surface area (Å²) in [6.07, 6.45) is 4.32. The Balaban J connectivity index is 1.34. The largest absolute Gasteiger partial charge is 0.479 e. The zero-order valence-electron chi connectivity index (χ0n) is 15.7. The number of ether oxygens (including phenoxy) is 1. The Morgan fingerprint density at radius 2 is 1.96 bits per heavy atom. The first-order valence-electron chi connectivity index (χ1n) is 9.49. The van der Waals surface area contributed by atoms with Crippen LogP contribution >= 0.6 is 0 Å². The summed E-state index contributed by atoms with van der Waals surface area (Å²) < 4.78 is 11.1. The van der Waals surface area contributed by atoms with E-state index in [4.69, 9.17) is 9.15 Å². The van der Waals surface area contributed by atoms with Crippen LogP contribution in [0, 0.1) is 10.1 Å². The number of hydrogen-bond acceptors (Lipinski definition) is 6. The lowest BCUT2D eigenvalue weighted by Gasteiger charge is -2.36. The zero-order valence-corrected chi connectivity index (χ0v) is 15.7. The SMILES string of the molecule is CN1C2CCC1CC(NC(=O)c1ccc(COc3ccccc3[N+](=O)[O-])o1)C2. The van der Waals surface area contributed by atoms with Crippen molar-refractivity contribution in [2.75, 3.05) is 7.05 Å². The van der Waals surface area contributed by atoms with Crippen LogP contribution in [-0.4, -0.2) is 40.9 Å². The molecule has 2 saturated heterocycles. The minimum absolute atomic E-state index is 0.0104. The number of nitro groups is 1. The Kier molecular flexibility index (Phi) is 5.04. The average Bonchev–Trinajstić information content (AvgIpc) is 3.22. The molecule has 2 aliphatic rings. The van der Waals surface area contributed by atoms with Crippen molar-refractivity contribution in [3.8, 4) is 5.75 Å². The second-order valence-corrected chi connectivity index (χ2v) is 7.47.